The second-order valence-corrected chi connectivity index (χ2v) is 6.25. The van der Waals surface area contributed by atoms with E-state index in [1.54, 1.807) is 4.52 Å². The number of nitrogens with two attached hydrogens (primary N) is 1. The molecule has 0 spiro atoms. The van der Waals surface area contributed by atoms with Crippen LogP contribution in [0.2, 0.25) is 0 Å². The molecular formula is C17H21N5. The highest BCUT2D eigenvalue weighted by Crippen LogP contribution is 2.24. The highest BCUT2D eigenvalue weighted by Gasteiger charge is 2.20. The van der Waals surface area contributed by atoms with Gasteiger partial charge >= 0.3 is 0 Å². The Morgan fingerprint density at radius 1 is 1.23 bits per heavy atom. The van der Waals surface area contributed by atoms with Gasteiger partial charge in [-0.15, -0.1) is 5.10 Å². The Bertz CT molecular complexity index is 789. The van der Waals surface area contributed by atoms with E-state index in [-0.39, 0.29) is 5.41 Å². The summed E-state index contributed by atoms with van der Waals surface area (Å²) in [7, 11) is 0. The molecule has 114 valence electrons. The number of aromatic nitrogens is 3. The summed E-state index contributed by atoms with van der Waals surface area (Å²) in [5.41, 5.74) is 9.87. The van der Waals surface area contributed by atoms with E-state index in [0.29, 0.717) is 5.95 Å². The van der Waals surface area contributed by atoms with Crippen LogP contribution in [-0.4, -0.2) is 21.1 Å². The fraction of sp³-hybridized carbons (Fsp3) is 0.294. The van der Waals surface area contributed by atoms with Gasteiger partial charge < -0.3 is 11.1 Å². The molecule has 0 atom stereocenters. The number of hydrogen-bond acceptors (Lipinski definition) is 4. The molecule has 5 nitrogen and oxygen atoms in total. The van der Waals surface area contributed by atoms with Gasteiger partial charge in [0.2, 0.25) is 5.95 Å². The molecular weight excluding hydrogens is 274 g/mol. The lowest BCUT2D eigenvalue weighted by molar-refractivity contribution is 0.557. The average Bonchev–Trinajstić information content (AvgIpc) is 2.87. The summed E-state index contributed by atoms with van der Waals surface area (Å²) in [5.74, 6) is 0.296. The molecule has 0 saturated carbocycles. The molecule has 0 fully saturated rings. The fourth-order valence-corrected chi connectivity index (χ4v) is 2.58. The second kappa shape index (κ2) is 5.33. The van der Waals surface area contributed by atoms with E-state index in [4.69, 9.17) is 5.73 Å². The quantitative estimate of drug-likeness (QED) is 0.776. The highest BCUT2D eigenvalue weighted by atomic mass is 15.3. The van der Waals surface area contributed by atoms with Crippen molar-refractivity contribution < 1.29 is 0 Å². The molecule has 2 heterocycles. The van der Waals surface area contributed by atoms with E-state index in [0.717, 1.165) is 23.4 Å². The summed E-state index contributed by atoms with van der Waals surface area (Å²) in [5, 5.41) is 7.68. The van der Waals surface area contributed by atoms with Crippen LogP contribution >= 0.6 is 0 Å². The normalized spacial score (nSPS) is 11.8. The Hall–Kier alpha value is -2.56. The number of hydrogen-bond donors (Lipinski definition) is 2. The molecule has 0 aliphatic rings. The molecule has 0 saturated heterocycles. The standard InChI is InChI=1S/C17H21N5/c1-12-9-14(10-22-15(12)20-16(18)21-22)19-11-17(2,3)13-7-5-4-6-8-13/h4-10,19H,11H2,1-3H3,(H2,18,21). The first-order chi connectivity index (χ1) is 10.5. The summed E-state index contributed by atoms with van der Waals surface area (Å²) in [6.07, 6.45) is 1.92. The highest BCUT2D eigenvalue weighted by molar-refractivity contribution is 5.57. The Balaban J connectivity index is 1.82. The Kier molecular flexibility index (Phi) is 3.48. The van der Waals surface area contributed by atoms with Crippen molar-refractivity contribution in [3.05, 3.63) is 53.7 Å². The summed E-state index contributed by atoms with van der Waals surface area (Å²) < 4.78 is 1.72. The van der Waals surface area contributed by atoms with Crippen LogP contribution in [-0.2, 0) is 5.41 Å². The number of pyridine rings is 1. The van der Waals surface area contributed by atoms with Gasteiger partial charge in [0.15, 0.2) is 5.65 Å². The van der Waals surface area contributed by atoms with Crippen LogP contribution in [0.15, 0.2) is 42.6 Å². The summed E-state index contributed by atoms with van der Waals surface area (Å²) in [4.78, 5) is 4.21. The van der Waals surface area contributed by atoms with Crippen LogP contribution in [0.1, 0.15) is 25.0 Å². The lowest BCUT2D eigenvalue weighted by atomic mass is 9.84. The van der Waals surface area contributed by atoms with Gasteiger partial charge in [0.05, 0.1) is 11.9 Å². The first-order valence-corrected chi connectivity index (χ1v) is 7.38. The number of nitrogens with one attached hydrogen (secondary N) is 1. The molecule has 0 radical (unpaired) electrons. The molecule has 2 aromatic heterocycles. The Labute approximate surface area is 130 Å². The number of nitrogens with zero attached hydrogens (tertiary/aromatic N) is 3. The molecule has 5 heteroatoms. The van der Waals surface area contributed by atoms with Crippen molar-refractivity contribution >= 4 is 17.3 Å². The maximum Gasteiger partial charge on any atom is 0.240 e. The summed E-state index contributed by atoms with van der Waals surface area (Å²) in [6, 6.07) is 12.6. The van der Waals surface area contributed by atoms with Crippen LogP contribution in [0.3, 0.4) is 0 Å². The van der Waals surface area contributed by atoms with Crippen LogP contribution in [0, 0.1) is 6.92 Å². The van der Waals surface area contributed by atoms with E-state index in [1.165, 1.54) is 5.56 Å². The van der Waals surface area contributed by atoms with Gasteiger partial charge in [-0.1, -0.05) is 44.2 Å². The van der Waals surface area contributed by atoms with Crippen LogP contribution in [0.25, 0.3) is 5.65 Å². The van der Waals surface area contributed by atoms with Gasteiger partial charge in [-0.25, -0.2) is 4.52 Å². The zero-order valence-corrected chi connectivity index (χ0v) is 13.2. The predicted molar refractivity (Wildman–Crippen MR) is 90.1 cm³/mol. The number of fused-ring (bicyclic) bond motifs is 1. The monoisotopic (exact) mass is 295 g/mol. The lowest BCUT2D eigenvalue weighted by Gasteiger charge is -2.26. The van der Waals surface area contributed by atoms with Gasteiger partial charge in [-0.3, -0.25) is 0 Å². The third-order valence-corrected chi connectivity index (χ3v) is 3.92. The zero-order valence-electron chi connectivity index (χ0n) is 13.2. The first-order valence-electron chi connectivity index (χ1n) is 7.38. The Morgan fingerprint density at radius 3 is 2.68 bits per heavy atom. The minimum absolute atomic E-state index is 0.0333. The molecule has 0 bridgehead atoms. The van der Waals surface area contributed by atoms with Crippen molar-refractivity contribution in [3.8, 4) is 0 Å². The molecule has 0 aliphatic heterocycles. The van der Waals surface area contributed by atoms with Gasteiger partial charge in [0.25, 0.3) is 0 Å². The predicted octanol–water partition coefficient (Wildman–Crippen LogP) is 3.01. The summed E-state index contributed by atoms with van der Waals surface area (Å²) in [6.45, 7) is 7.30. The molecule has 3 aromatic rings. The third-order valence-electron chi connectivity index (χ3n) is 3.92. The van der Waals surface area contributed by atoms with E-state index in [9.17, 15) is 0 Å². The van der Waals surface area contributed by atoms with Crippen LogP contribution < -0.4 is 11.1 Å². The largest absolute Gasteiger partial charge is 0.383 e. The maximum absolute atomic E-state index is 5.67. The van der Waals surface area contributed by atoms with Gasteiger partial charge in [-0.2, -0.15) is 4.98 Å². The number of anilines is 2. The smallest absolute Gasteiger partial charge is 0.240 e. The van der Waals surface area contributed by atoms with E-state index in [2.05, 4.69) is 59.6 Å². The van der Waals surface area contributed by atoms with Crippen molar-refractivity contribution in [1.29, 1.82) is 0 Å². The van der Waals surface area contributed by atoms with E-state index < -0.39 is 0 Å². The van der Waals surface area contributed by atoms with Crippen molar-refractivity contribution in [2.24, 2.45) is 0 Å². The molecule has 0 unspecified atom stereocenters. The Morgan fingerprint density at radius 2 is 1.95 bits per heavy atom. The molecule has 3 rings (SSSR count). The molecule has 22 heavy (non-hydrogen) atoms. The number of aryl methyl sites for hydroxylation is 1. The first kappa shape index (κ1) is 14.4. The fourth-order valence-electron chi connectivity index (χ4n) is 2.58. The van der Waals surface area contributed by atoms with Crippen molar-refractivity contribution in [2.75, 3.05) is 17.6 Å². The second-order valence-electron chi connectivity index (χ2n) is 6.25. The molecule has 3 N–H and O–H groups in total. The van der Waals surface area contributed by atoms with Crippen molar-refractivity contribution in [3.63, 3.8) is 0 Å². The molecule has 0 aliphatic carbocycles. The van der Waals surface area contributed by atoms with Gasteiger partial charge in [0.1, 0.15) is 0 Å². The molecule has 1 aromatic carbocycles. The zero-order chi connectivity index (χ0) is 15.7. The van der Waals surface area contributed by atoms with Crippen molar-refractivity contribution in [2.45, 2.75) is 26.2 Å². The molecule has 0 amide bonds. The van der Waals surface area contributed by atoms with Crippen LogP contribution in [0.4, 0.5) is 11.6 Å². The minimum atomic E-state index is 0.0333. The lowest BCUT2D eigenvalue weighted by Crippen LogP contribution is -2.27. The van der Waals surface area contributed by atoms with Crippen LogP contribution in [0.5, 0.6) is 0 Å². The topological polar surface area (TPSA) is 68.2 Å². The average molecular weight is 295 g/mol. The summed E-state index contributed by atoms with van der Waals surface area (Å²) >= 11 is 0. The number of rotatable bonds is 4. The third kappa shape index (κ3) is 2.74. The van der Waals surface area contributed by atoms with E-state index in [1.807, 2.05) is 19.2 Å². The SMILES string of the molecule is Cc1cc(NCC(C)(C)c2ccccc2)cn2nc(N)nc12. The minimum Gasteiger partial charge on any atom is -0.383 e. The van der Waals surface area contributed by atoms with Gasteiger partial charge in [0, 0.05) is 12.0 Å². The van der Waals surface area contributed by atoms with Gasteiger partial charge in [-0.05, 0) is 24.1 Å². The van der Waals surface area contributed by atoms with E-state index >= 15 is 0 Å². The maximum atomic E-state index is 5.67. The number of nitrogen functional groups attached to an aromatic ring is 1. The number of benzene rings is 1. The van der Waals surface area contributed by atoms with Crippen molar-refractivity contribution in [1.82, 2.24) is 14.6 Å².